The molecule has 2 N–H and O–H groups in total. The molecule has 0 saturated carbocycles. The number of imidazole rings is 1. The van der Waals surface area contributed by atoms with Crippen LogP contribution >= 0.6 is 0 Å². The second-order valence-corrected chi connectivity index (χ2v) is 6.93. The topological polar surface area (TPSA) is 114 Å². The molecule has 7 nitrogen and oxygen atoms in total. The van der Waals surface area contributed by atoms with Crippen molar-refractivity contribution < 1.29 is 0 Å². The van der Waals surface area contributed by atoms with Crippen LogP contribution in [0.2, 0.25) is 0 Å². The summed E-state index contributed by atoms with van der Waals surface area (Å²) in [7, 11) is 0. The van der Waals surface area contributed by atoms with Gasteiger partial charge in [-0.3, -0.25) is 0 Å². The maximum atomic E-state index is 9.26. The largest absolute Gasteiger partial charge is 0.389 e. The van der Waals surface area contributed by atoms with Crippen molar-refractivity contribution >= 4 is 17.4 Å². The molecular formula is C21H19N7. The lowest BCUT2D eigenvalue weighted by molar-refractivity contribution is 0.478. The van der Waals surface area contributed by atoms with E-state index >= 15 is 0 Å². The summed E-state index contributed by atoms with van der Waals surface area (Å²) in [6.07, 6.45) is 8.37. The zero-order chi connectivity index (χ0) is 20.1. The summed E-state index contributed by atoms with van der Waals surface area (Å²) in [6, 6.07) is 11.5. The van der Waals surface area contributed by atoms with Gasteiger partial charge in [0.25, 0.3) is 0 Å². The molecule has 0 aliphatic rings. The highest BCUT2D eigenvalue weighted by molar-refractivity contribution is 6.10. The van der Waals surface area contributed by atoms with E-state index in [4.69, 9.17) is 10.7 Å². The van der Waals surface area contributed by atoms with Gasteiger partial charge in [-0.1, -0.05) is 0 Å². The Morgan fingerprint density at radius 3 is 2.82 bits per heavy atom. The quantitative estimate of drug-likeness (QED) is 0.646. The van der Waals surface area contributed by atoms with Crippen LogP contribution in [-0.2, 0) is 0 Å². The molecule has 0 aromatic carbocycles. The Hall–Kier alpha value is -3.97. The maximum Gasteiger partial charge on any atom is 0.141 e. The zero-order valence-electron chi connectivity index (χ0n) is 15.6. The highest BCUT2D eigenvalue weighted by Gasteiger charge is 2.16. The second-order valence-electron chi connectivity index (χ2n) is 6.93. The lowest BCUT2D eigenvalue weighted by atomic mass is 9.96. The number of allylic oxidation sites excluding steroid dienone is 1. The van der Waals surface area contributed by atoms with Gasteiger partial charge in [-0.15, -0.1) is 0 Å². The number of rotatable bonds is 6. The predicted molar refractivity (Wildman–Crippen MR) is 107 cm³/mol. The molecule has 7 heteroatoms. The molecule has 0 saturated heterocycles. The average molecular weight is 369 g/mol. The van der Waals surface area contributed by atoms with Crippen molar-refractivity contribution in [2.75, 3.05) is 6.54 Å². The standard InChI is InChI=1S/C21H19N7/c1-21(2,13-24)14-25-12-16(10-22)18-4-3-17(11-23)27-20(18)15-5-7-28-8-6-26-19(28)9-15/h3-10,12,22,25H,14H2,1-2H3/b16-12+,22-10?. The van der Waals surface area contributed by atoms with Gasteiger partial charge in [-0.2, -0.15) is 10.5 Å². The summed E-state index contributed by atoms with van der Waals surface area (Å²) in [4.78, 5) is 8.77. The molecule has 0 spiro atoms. The van der Waals surface area contributed by atoms with Crippen LogP contribution in [0, 0.1) is 33.5 Å². The molecule has 3 rings (SSSR count). The summed E-state index contributed by atoms with van der Waals surface area (Å²) < 4.78 is 1.89. The number of hydrogen-bond donors (Lipinski definition) is 2. The summed E-state index contributed by atoms with van der Waals surface area (Å²) in [5, 5.41) is 29.4. The maximum absolute atomic E-state index is 9.26. The van der Waals surface area contributed by atoms with Crippen molar-refractivity contribution in [3.05, 3.63) is 60.3 Å². The van der Waals surface area contributed by atoms with Crippen molar-refractivity contribution in [3.8, 4) is 23.4 Å². The number of aromatic nitrogens is 3. The predicted octanol–water partition coefficient (Wildman–Crippen LogP) is 3.40. The van der Waals surface area contributed by atoms with Gasteiger partial charge in [-0.05, 0) is 38.1 Å². The van der Waals surface area contributed by atoms with Gasteiger partial charge >= 0.3 is 0 Å². The summed E-state index contributed by atoms with van der Waals surface area (Å²) in [6.45, 7) is 4.12. The Morgan fingerprint density at radius 1 is 1.29 bits per heavy atom. The van der Waals surface area contributed by atoms with Crippen LogP contribution in [0.15, 0.2) is 49.1 Å². The molecule has 0 bridgehead atoms. The molecule has 0 aliphatic heterocycles. The Kier molecular flexibility index (Phi) is 5.19. The SMILES string of the molecule is CC(C)(C#N)CN/C=C(\C=N)c1ccc(C#N)nc1-c1ccn2ccnc2c1. The highest BCUT2D eigenvalue weighted by atomic mass is 15.0. The first-order valence-corrected chi connectivity index (χ1v) is 8.67. The van der Waals surface area contributed by atoms with Crippen LogP contribution in [0.4, 0.5) is 0 Å². The normalized spacial score (nSPS) is 11.6. The molecule has 28 heavy (non-hydrogen) atoms. The Labute approximate surface area is 163 Å². The van der Waals surface area contributed by atoms with Crippen LogP contribution in [0.5, 0.6) is 0 Å². The van der Waals surface area contributed by atoms with Crippen LogP contribution in [0.1, 0.15) is 25.1 Å². The minimum Gasteiger partial charge on any atom is -0.389 e. The first kappa shape index (κ1) is 18.8. The highest BCUT2D eigenvalue weighted by Crippen LogP contribution is 2.27. The molecule has 0 radical (unpaired) electrons. The molecular weight excluding hydrogens is 350 g/mol. The summed E-state index contributed by atoms with van der Waals surface area (Å²) in [5.74, 6) is 0. The molecule has 0 atom stereocenters. The van der Waals surface area contributed by atoms with Crippen molar-refractivity contribution in [3.63, 3.8) is 0 Å². The third kappa shape index (κ3) is 3.89. The van der Waals surface area contributed by atoms with E-state index in [0.29, 0.717) is 29.1 Å². The number of fused-ring (bicyclic) bond motifs is 1. The van der Waals surface area contributed by atoms with Gasteiger partial charge in [0.2, 0.25) is 0 Å². The monoisotopic (exact) mass is 369 g/mol. The van der Waals surface area contributed by atoms with Gasteiger partial charge < -0.3 is 15.1 Å². The van der Waals surface area contributed by atoms with Gasteiger partial charge in [0.15, 0.2) is 0 Å². The lowest BCUT2D eigenvalue weighted by Crippen LogP contribution is -2.24. The molecule has 3 aromatic heterocycles. The van der Waals surface area contributed by atoms with Crippen molar-refractivity contribution in [1.82, 2.24) is 19.7 Å². The van der Waals surface area contributed by atoms with E-state index in [-0.39, 0.29) is 0 Å². The molecule has 138 valence electrons. The molecule has 0 fully saturated rings. The van der Waals surface area contributed by atoms with E-state index in [9.17, 15) is 5.26 Å². The number of nitrogens with zero attached hydrogens (tertiary/aromatic N) is 5. The van der Waals surface area contributed by atoms with Crippen molar-refractivity contribution in [2.24, 2.45) is 5.41 Å². The van der Waals surface area contributed by atoms with E-state index < -0.39 is 5.41 Å². The van der Waals surface area contributed by atoms with Crippen LogP contribution < -0.4 is 5.32 Å². The average Bonchev–Trinajstić information content (AvgIpc) is 3.18. The van der Waals surface area contributed by atoms with Gasteiger partial charge in [0, 0.05) is 54.2 Å². The molecule has 3 aromatic rings. The van der Waals surface area contributed by atoms with Crippen LogP contribution in [0.25, 0.3) is 22.5 Å². The molecule has 0 aliphatic carbocycles. The lowest BCUT2D eigenvalue weighted by Gasteiger charge is -2.16. The fraction of sp³-hybridized carbons (Fsp3) is 0.190. The summed E-state index contributed by atoms with van der Waals surface area (Å²) >= 11 is 0. The third-order valence-electron chi connectivity index (χ3n) is 4.25. The van der Waals surface area contributed by atoms with E-state index in [2.05, 4.69) is 27.4 Å². The van der Waals surface area contributed by atoms with E-state index in [1.54, 1.807) is 24.5 Å². The molecule has 3 heterocycles. The minimum absolute atomic E-state index is 0.296. The van der Waals surface area contributed by atoms with Gasteiger partial charge in [0.05, 0.1) is 17.2 Å². The van der Waals surface area contributed by atoms with Gasteiger partial charge in [0.1, 0.15) is 17.4 Å². The fourth-order valence-corrected chi connectivity index (χ4v) is 2.68. The van der Waals surface area contributed by atoms with E-state index in [1.165, 1.54) is 6.21 Å². The third-order valence-corrected chi connectivity index (χ3v) is 4.25. The van der Waals surface area contributed by atoms with Crippen LogP contribution in [0.3, 0.4) is 0 Å². The smallest absolute Gasteiger partial charge is 0.141 e. The second kappa shape index (κ2) is 7.73. The number of nitriles is 2. The minimum atomic E-state index is -0.527. The van der Waals surface area contributed by atoms with E-state index in [1.807, 2.05) is 42.8 Å². The Bertz CT molecular complexity index is 1140. The zero-order valence-corrected chi connectivity index (χ0v) is 15.6. The van der Waals surface area contributed by atoms with Crippen molar-refractivity contribution in [1.29, 1.82) is 15.9 Å². The van der Waals surface area contributed by atoms with Crippen LogP contribution in [-0.4, -0.2) is 27.1 Å². The molecule has 0 amide bonds. The molecule has 0 unspecified atom stereocenters. The first-order chi connectivity index (χ1) is 13.5. The Morgan fingerprint density at radius 2 is 2.11 bits per heavy atom. The number of nitrogens with one attached hydrogen (secondary N) is 2. The summed E-state index contributed by atoms with van der Waals surface area (Å²) in [5.41, 5.74) is 3.25. The number of hydrogen-bond acceptors (Lipinski definition) is 6. The van der Waals surface area contributed by atoms with Gasteiger partial charge in [-0.25, -0.2) is 9.97 Å². The van der Waals surface area contributed by atoms with E-state index in [0.717, 1.165) is 11.2 Å². The fourth-order valence-electron chi connectivity index (χ4n) is 2.68. The number of pyridine rings is 2. The first-order valence-electron chi connectivity index (χ1n) is 8.67. The Balaban J connectivity index is 2.06. The van der Waals surface area contributed by atoms with Crippen molar-refractivity contribution in [2.45, 2.75) is 13.8 Å².